The van der Waals surface area contributed by atoms with Gasteiger partial charge in [-0.2, -0.15) is 0 Å². The van der Waals surface area contributed by atoms with Crippen molar-refractivity contribution in [3.63, 3.8) is 0 Å². The molecule has 4 rings (SSSR count). The third-order valence-corrected chi connectivity index (χ3v) is 6.16. The minimum absolute atomic E-state index is 0.0137. The summed E-state index contributed by atoms with van der Waals surface area (Å²) in [6.07, 6.45) is 2.50. The van der Waals surface area contributed by atoms with Gasteiger partial charge in [0.1, 0.15) is 0 Å². The number of Topliss-reactive ketones (excluding diaryl/α,β-unsaturated/α-hetero) is 1. The van der Waals surface area contributed by atoms with Gasteiger partial charge in [-0.3, -0.25) is 4.79 Å². The molecule has 31 heavy (non-hydrogen) atoms. The highest BCUT2D eigenvalue weighted by molar-refractivity contribution is 6.35. The molecule has 1 heterocycles. The number of carbonyl (C=O) groups is 1. The lowest BCUT2D eigenvalue weighted by molar-refractivity contribution is 0.0938. The first-order chi connectivity index (χ1) is 14.9. The fraction of sp³-hybridized carbons (Fsp3) is 0.192. The molecule has 3 aromatic carbocycles. The normalized spacial score (nSPS) is 13.3. The SMILES string of the molecule is Cc1cccc2c(C(=O)[C@@H](NC(C)Cc3ccc(Cl)cc3Cl)c3ccccc3)c[nH]c12. The average molecular weight is 451 g/mol. The number of halogens is 2. The molecule has 0 saturated heterocycles. The smallest absolute Gasteiger partial charge is 0.186 e. The van der Waals surface area contributed by atoms with Gasteiger partial charge in [0, 0.05) is 38.8 Å². The van der Waals surface area contributed by atoms with Crippen LogP contribution in [0.3, 0.4) is 0 Å². The number of aryl methyl sites for hydroxylation is 1. The van der Waals surface area contributed by atoms with Gasteiger partial charge in [0.2, 0.25) is 0 Å². The Morgan fingerprint density at radius 1 is 1.03 bits per heavy atom. The second-order valence-electron chi connectivity index (χ2n) is 7.92. The highest BCUT2D eigenvalue weighted by Crippen LogP contribution is 2.28. The lowest BCUT2D eigenvalue weighted by atomic mass is 9.95. The van der Waals surface area contributed by atoms with E-state index in [1.807, 2.05) is 73.8 Å². The maximum atomic E-state index is 13.7. The van der Waals surface area contributed by atoms with Crippen molar-refractivity contribution < 1.29 is 4.79 Å². The number of rotatable bonds is 7. The summed E-state index contributed by atoms with van der Waals surface area (Å²) in [5.74, 6) is 0.0390. The second-order valence-corrected chi connectivity index (χ2v) is 8.76. The number of aromatic amines is 1. The van der Waals surface area contributed by atoms with E-state index in [4.69, 9.17) is 23.2 Å². The van der Waals surface area contributed by atoms with Crippen molar-refractivity contribution in [1.29, 1.82) is 0 Å². The number of carbonyl (C=O) groups excluding carboxylic acids is 1. The van der Waals surface area contributed by atoms with Crippen molar-refractivity contribution in [2.45, 2.75) is 32.4 Å². The number of para-hydroxylation sites is 1. The number of hydrogen-bond acceptors (Lipinski definition) is 2. The van der Waals surface area contributed by atoms with Crippen LogP contribution in [-0.2, 0) is 6.42 Å². The van der Waals surface area contributed by atoms with Gasteiger partial charge >= 0.3 is 0 Å². The minimum atomic E-state index is -0.471. The molecule has 2 atom stereocenters. The van der Waals surface area contributed by atoms with Gasteiger partial charge < -0.3 is 10.3 Å². The largest absolute Gasteiger partial charge is 0.360 e. The lowest BCUT2D eigenvalue weighted by Crippen LogP contribution is -2.36. The number of ketones is 1. The van der Waals surface area contributed by atoms with E-state index in [0.29, 0.717) is 22.0 Å². The number of H-pyrrole nitrogens is 1. The van der Waals surface area contributed by atoms with Crippen molar-refractivity contribution in [2.24, 2.45) is 0 Å². The predicted molar refractivity (Wildman–Crippen MR) is 129 cm³/mol. The third-order valence-electron chi connectivity index (χ3n) is 5.58. The van der Waals surface area contributed by atoms with Crippen LogP contribution < -0.4 is 5.32 Å². The summed E-state index contributed by atoms with van der Waals surface area (Å²) in [7, 11) is 0. The van der Waals surface area contributed by atoms with Crippen LogP contribution in [0.1, 0.15) is 40.0 Å². The lowest BCUT2D eigenvalue weighted by Gasteiger charge is -2.23. The van der Waals surface area contributed by atoms with Gasteiger partial charge in [-0.25, -0.2) is 0 Å². The van der Waals surface area contributed by atoms with E-state index >= 15 is 0 Å². The van der Waals surface area contributed by atoms with Gasteiger partial charge in [0.05, 0.1) is 6.04 Å². The molecule has 0 aliphatic rings. The number of benzene rings is 3. The van der Waals surface area contributed by atoms with E-state index in [9.17, 15) is 4.79 Å². The Morgan fingerprint density at radius 2 is 1.81 bits per heavy atom. The van der Waals surface area contributed by atoms with Crippen molar-refractivity contribution >= 4 is 39.9 Å². The summed E-state index contributed by atoms with van der Waals surface area (Å²) in [6, 6.07) is 20.9. The summed E-state index contributed by atoms with van der Waals surface area (Å²) in [4.78, 5) is 17.0. The van der Waals surface area contributed by atoms with Crippen LogP contribution in [0.25, 0.3) is 10.9 Å². The maximum absolute atomic E-state index is 13.7. The van der Waals surface area contributed by atoms with Gasteiger partial charge in [-0.15, -0.1) is 0 Å². The fourth-order valence-electron chi connectivity index (χ4n) is 3.99. The third kappa shape index (κ3) is 4.69. The molecule has 0 aliphatic heterocycles. The average Bonchev–Trinajstić information content (AvgIpc) is 3.20. The Kier molecular flexibility index (Phi) is 6.47. The van der Waals surface area contributed by atoms with Crippen LogP contribution in [0.4, 0.5) is 0 Å². The van der Waals surface area contributed by atoms with Gasteiger partial charge in [-0.05, 0) is 49.1 Å². The topological polar surface area (TPSA) is 44.9 Å². The van der Waals surface area contributed by atoms with Crippen molar-refractivity contribution in [1.82, 2.24) is 10.3 Å². The molecule has 0 bridgehead atoms. The maximum Gasteiger partial charge on any atom is 0.186 e. The van der Waals surface area contributed by atoms with Crippen molar-refractivity contribution in [3.8, 4) is 0 Å². The van der Waals surface area contributed by atoms with Gasteiger partial charge in [0.15, 0.2) is 5.78 Å². The molecule has 0 fully saturated rings. The van der Waals surface area contributed by atoms with E-state index in [-0.39, 0.29) is 11.8 Å². The first-order valence-corrected chi connectivity index (χ1v) is 11.1. The zero-order valence-corrected chi connectivity index (χ0v) is 19.0. The van der Waals surface area contributed by atoms with Crippen LogP contribution >= 0.6 is 23.2 Å². The highest BCUT2D eigenvalue weighted by Gasteiger charge is 2.26. The second kappa shape index (κ2) is 9.27. The molecule has 5 heteroatoms. The molecule has 0 radical (unpaired) electrons. The number of fused-ring (bicyclic) bond motifs is 1. The van der Waals surface area contributed by atoms with Crippen LogP contribution in [0.2, 0.25) is 10.0 Å². The summed E-state index contributed by atoms with van der Waals surface area (Å²) < 4.78 is 0. The summed E-state index contributed by atoms with van der Waals surface area (Å²) in [5, 5.41) is 5.73. The molecule has 1 aromatic heterocycles. The first-order valence-electron chi connectivity index (χ1n) is 10.3. The van der Waals surface area contributed by atoms with Crippen LogP contribution in [0.5, 0.6) is 0 Å². The van der Waals surface area contributed by atoms with Crippen molar-refractivity contribution in [2.75, 3.05) is 0 Å². The standard InChI is InChI=1S/C26H24Cl2N2O/c1-16-7-6-10-21-22(15-29-24(16)21)26(31)25(18-8-4-3-5-9-18)30-17(2)13-19-11-12-20(27)14-23(19)28/h3-12,14-15,17,25,29-30H,13H2,1-2H3/t17?,25-/m0/s1. The zero-order valence-electron chi connectivity index (χ0n) is 17.5. The molecule has 1 unspecified atom stereocenters. The Labute approximate surface area is 192 Å². The molecule has 158 valence electrons. The molecule has 4 aromatic rings. The van der Waals surface area contributed by atoms with E-state index in [2.05, 4.69) is 17.2 Å². The first kappa shape index (κ1) is 21.6. The van der Waals surface area contributed by atoms with E-state index in [1.165, 1.54) is 0 Å². The van der Waals surface area contributed by atoms with Crippen LogP contribution in [-0.4, -0.2) is 16.8 Å². The highest BCUT2D eigenvalue weighted by atomic mass is 35.5. The van der Waals surface area contributed by atoms with E-state index in [1.54, 1.807) is 6.07 Å². The molecule has 0 aliphatic carbocycles. The molecule has 0 amide bonds. The summed E-state index contributed by atoms with van der Waals surface area (Å²) >= 11 is 12.4. The van der Waals surface area contributed by atoms with E-state index in [0.717, 1.165) is 27.6 Å². The monoisotopic (exact) mass is 450 g/mol. The minimum Gasteiger partial charge on any atom is -0.360 e. The van der Waals surface area contributed by atoms with Gasteiger partial charge in [-0.1, -0.05) is 77.8 Å². The van der Waals surface area contributed by atoms with Crippen LogP contribution in [0, 0.1) is 6.92 Å². The molecular formula is C26H24Cl2N2O. The summed E-state index contributed by atoms with van der Waals surface area (Å²) in [6.45, 7) is 4.10. The molecule has 3 nitrogen and oxygen atoms in total. The Bertz CT molecular complexity index is 1220. The Balaban J connectivity index is 1.64. The molecule has 2 N–H and O–H groups in total. The quantitative estimate of drug-likeness (QED) is 0.299. The Morgan fingerprint density at radius 3 is 2.55 bits per heavy atom. The van der Waals surface area contributed by atoms with E-state index < -0.39 is 6.04 Å². The number of aromatic nitrogens is 1. The van der Waals surface area contributed by atoms with Crippen LogP contribution in [0.15, 0.2) is 72.9 Å². The number of hydrogen-bond donors (Lipinski definition) is 2. The van der Waals surface area contributed by atoms with Crippen molar-refractivity contribution in [3.05, 3.63) is 105 Å². The molecule has 0 spiro atoms. The number of nitrogens with one attached hydrogen (secondary N) is 2. The molecular weight excluding hydrogens is 427 g/mol. The Hall–Kier alpha value is -2.59. The predicted octanol–water partition coefficient (Wildman–Crippen LogP) is 6.93. The van der Waals surface area contributed by atoms with Gasteiger partial charge in [0.25, 0.3) is 0 Å². The molecule has 0 saturated carbocycles. The fourth-order valence-corrected chi connectivity index (χ4v) is 4.48. The summed E-state index contributed by atoms with van der Waals surface area (Å²) in [5.41, 5.74) is 4.73. The zero-order chi connectivity index (χ0) is 22.0.